The maximum Gasteiger partial charge on any atom is 0.261 e. The molecule has 0 atom stereocenters. The van der Waals surface area contributed by atoms with Crippen molar-refractivity contribution in [2.45, 2.75) is 19.5 Å². The second kappa shape index (κ2) is 10.4. The lowest BCUT2D eigenvalue weighted by Gasteiger charge is -2.27. The summed E-state index contributed by atoms with van der Waals surface area (Å²) in [6.45, 7) is 3.60. The van der Waals surface area contributed by atoms with Crippen LogP contribution < -0.4 is 10.9 Å². The van der Waals surface area contributed by atoms with Crippen molar-refractivity contribution in [1.82, 2.24) is 19.8 Å². The molecular weight excluding hydrogens is 451 g/mol. The van der Waals surface area contributed by atoms with Crippen LogP contribution in [0.2, 0.25) is 10.0 Å². The molecule has 0 saturated carbocycles. The van der Waals surface area contributed by atoms with Crippen molar-refractivity contribution >= 4 is 40.0 Å². The lowest BCUT2D eigenvalue weighted by atomic mass is 10.1. The van der Waals surface area contributed by atoms with Crippen LogP contribution in [0, 0.1) is 0 Å². The van der Waals surface area contributed by atoms with Crippen LogP contribution in [0.5, 0.6) is 0 Å². The van der Waals surface area contributed by atoms with Gasteiger partial charge in [-0.2, -0.15) is 0 Å². The van der Waals surface area contributed by atoms with Gasteiger partial charge in [0.2, 0.25) is 5.91 Å². The van der Waals surface area contributed by atoms with Crippen molar-refractivity contribution in [3.63, 3.8) is 0 Å². The van der Waals surface area contributed by atoms with Gasteiger partial charge in [0.1, 0.15) is 12.4 Å². The van der Waals surface area contributed by atoms with Crippen LogP contribution in [-0.2, 0) is 29.0 Å². The summed E-state index contributed by atoms with van der Waals surface area (Å²) in [5.41, 5.74) is 1.32. The summed E-state index contributed by atoms with van der Waals surface area (Å²) in [7, 11) is 0. The van der Waals surface area contributed by atoms with Gasteiger partial charge in [0.25, 0.3) is 5.56 Å². The number of nitrogens with one attached hydrogen (secondary N) is 1. The van der Waals surface area contributed by atoms with E-state index in [2.05, 4.69) is 10.2 Å². The molecular formula is C23H24Cl2N4O3. The molecule has 1 amide bonds. The van der Waals surface area contributed by atoms with E-state index >= 15 is 0 Å². The molecule has 0 unspecified atom stereocenters. The Hall–Kier alpha value is -2.45. The molecule has 1 saturated heterocycles. The molecule has 9 heteroatoms. The Morgan fingerprint density at radius 2 is 1.91 bits per heavy atom. The topological polar surface area (TPSA) is 76.5 Å². The minimum absolute atomic E-state index is 0.0926. The van der Waals surface area contributed by atoms with Crippen LogP contribution in [0.3, 0.4) is 0 Å². The molecule has 0 bridgehead atoms. The molecule has 2 heterocycles. The van der Waals surface area contributed by atoms with E-state index in [-0.39, 0.29) is 18.0 Å². The van der Waals surface area contributed by atoms with Gasteiger partial charge in [-0.05, 0) is 36.2 Å². The van der Waals surface area contributed by atoms with Crippen LogP contribution in [0.4, 0.5) is 0 Å². The third-order valence-electron chi connectivity index (χ3n) is 5.44. The van der Waals surface area contributed by atoms with Crippen molar-refractivity contribution in [2.75, 3.05) is 32.8 Å². The Morgan fingerprint density at radius 3 is 2.69 bits per heavy atom. The van der Waals surface area contributed by atoms with E-state index in [4.69, 9.17) is 32.9 Å². The predicted octanol–water partition coefficient (Wildman–Crippen LogP) is 2.89. The number of hydrogen-bond donors (Lipinski definition) is 1. The standard InChI is InChI=1S/C23H24Cl2N4O3/c24-17-6-5-16(19(25)13-17)7-8-26-22(30)15-29-21(14-28-9-11-32-12-10-28)27-20-4-2-1-3-18(20)23(29)31/h1-6,13H,7-12,14-15H2,(H,26,30). The number of rotatable bonds is 7. The molecule has 1 fully saturated rings. The number of benzene rings is 2. The first-order chi connectivity index (χ1) is 15.5. The van der Waals surface area contributed by atoms with Crippen molar-refractivity contribution in [3.05, 3.63) is 74.3 Å². The monoisotopic (exact) mass is 474 g/mol. The zero-order valence-electron chi connectivity index (χ0n) is 17.5. The number of morpholine rings is 1. The average molecular weight is 475 g/mol. The molecule has 1 aliphatic heterocycles. The fraction of sp³-hybridized carbons (Fsp3) is 0.348. The number of fused-ring (bicyclic) bond motifs is 1. The second-order valence-corrected chi connectivity index (χ2v) is 8.50. The maximum atomic E-state index is 13.2. The third kappa shape index (κ3) is 5.48. The van der Waals surface area contributed by atoms with Crippen LogP contribution in [0.1, 0.15) is 11.4 Å². The van der Waals surface area contributed by atoms with E-state index < -0.39 is 0 Å². The molecule has 3 aromatic rings. The summed E-state index contributed by atoms with van der Waals surface area (Å²) in [6, 6.07) is 12.5. The first-order valence-electron chi connectivity index (χ1n) is 10.5. The molecule has 4 rings (SSSR count). The first kappa shape index (κ1) is 22.7. The Labute approximate surface area is 195 Å². The fourth-order valence-corrected chi connectivity index (χ4v) is 4.22. The summed E-state index contributed by atoms with van der Waals surface area (Å²) in [5.74, 6) is 0.323. The summed E-state index contributed by atoms with van der Waals surface area (Å²) < 4.78 is 6.88. The molecule has 1 N–H and O–H groups in total. The highest BCUT2D eigenvalue weighted by Gasteiger charge is 2.18. The third-order valence-corrected chi connectivity index (χ3v) is 6.03. The van der Waals surface area contributed by atoms with Gasteiger partial charge in [0.05, 0.1) is 30.7 Å². The SMILES string of the molecule is O=C(Cn1c(CN2CCOCC2)nc2ccccc2c1=O)NCCc1ccc(Cl)cc1Cl. The molecule has 0 aliphatic carbocycles. The Bertz CT molecular complexity index is 1180. The summed E-state index contributed by atoms with van der Waals surface area (Å²) in [6.07, 6.45) is 0.563. The molecule has 1 aliphatic rings. The number of hydrogen-bond acceptors (Lipinski definition) is 5. The summed E-state index contributed by atoms with van der Waals surface area (Å²) in [5, 5.41) is 4.51. The van der Waals surface area contributed by atoms with Gasteiger partial charge in [-0.25, -0.2) is 4.98 Å². The number of aromatic nitrogens is 2. The highest BCUT2D eigenvalue weighted by atomic mass is 35.5. The van der Waals surface area contributed by atoms with E-state index in [9.17, 15) is 9.59 Å². The molecule has 0 spiro atoms. The molecule has 32 heavy (non-hydrogen) atoms. The first-order valence-corrected chi connectivity index (χ1v) is 11.3. The van der Waals surface area contributed by atoms with E-state index in [1.807, 2.05) is 18.2 Å². The number of ether oxygens (including phenoxy) is 1. The molecule has 0 radical (unpaired) electrons. The van der Waals surface area contributed by atoms with Crippen molar-refractivity contribution < 1.29 is 9.53 Å². The highest BCUT2D eigenvalue weighted by Crippen LogP contribution is 2.21. The van der Waals surface area contributed by atoms with E-state index in [0.29, 0.717) is 59.5 Å². The van der Waals surface area contributed by atoms with Crippen LogP contribution in [0.25, 0.3) is 10.9 Å². The molecule has 168 valence electrons. The molecule has 2 aromatic carbocycles. The second-order valence-electron chi connectivity index (χ2n) is 7.66. The molecule has 1 aromatic heterocycles. The van der Waals surface area contributed by atoms with Crippen LogP contribution in [-0.4, -0.2) is 53.2 Å². The highest BCUT2D eigenvalue weighted by molar-refractivity contribution is 6.35. The lowest BCUT2D eigenvalue weighted by molar-refractivity contribution is -0.121. The lowest BCUT2D eigenvalue weighted by Crippen LogP contribution is -2.40. The number of carbonyl (C=O) groups excluding carboxylic acids is 1. The Balaban J connectivity index is 1.49. The Kier molecular flexibility index (Phi) is 7.42. The van der Waals surface area contributed by atoms with Gasteiger partial charge < -0.3 is 10.1 Å². The van der Waals surface area contributed by atoms with Gasteiger partial charge in [-0.15, -0.1) is 0 Å². The van der Waals surface area contributed by atoms with Crippen molar-refractivity contribution in [1.29, 1.82) is 0 Å². The average Bonchev–Trinajstić information content (AvgIpc) is 2.79. The van der Waals surface area contributed by atoms with E-state index in [1.54, 1.807) is 24.3 Å². The smallest absolute Gasteiger partial charge is 0.261 e. The quantitative estimate of drug-likeness (QED) is 0.569. The largest absolute Gasteiger partial charge is 0.379 e. The van der Waals surface area contributed by atoms with E-state index in [0.717, 1.165) is 18.7 Å². The van der Waals surface area contributed by atoms with Gasteiger partial charge >= 0.3 is 0 Å². The summed E-state index contributed by atoms with van der Waals surface area (Å²) in [4.78, 5) is 32.7. The van der Waals surface area contributed by atoms with Gasteiger partial charge in [-0.1, -0.05) is 41.4 Å². The number of para-hydroxylation sites is 1. The van der Waals surface area contributed by atoms with Gasteiger partial charge in [-0.3, -0.25) is 19.1 Å². The van der Waals surface area contributed by atoms with Gasteiger partial charge in [0, 0.05) is 29.7 Å². The maximum absolute atomic E-state index is 13.2. The number of amides is 1. The number of nitrogens with zero attached hydrogens (tertiary/aromatic N) is 3. The number of carbonyl (C=O) groups is 1. The summed E-state index contributed by atoms with van der Waals surface area (Å²) >= 11 is 12.1. The zero-order chi connectivity index (χ0) is 22.5. The Morgan fingerprint density at radius 1 is 1.12 bits per heavy atom. The minimum Gasteiger partial charge on any atom is -0.379 e. The fourth-order valence-electron chi connectivity index (χ4n) is 3.72. The van der Waals surface area contributed by atoms with Crippen molar-refractivity contribution in [3.8, 4) is 0 Å². The number of halogens is 2. The van der Waals surface area contributed by atoms with E-state index in [1.165, 1.54) is 4.57 Å². The van der Waals surface area contributed by atoms with Gasteiger partial charge in [0.15, 0.2) is 0 Å². The molecule has 7 nitrogen and oxygen atoms in total. The zero-order valence-corrected chi connectivity index (χ0v) is 19.0. The minimum atomic E-state index is -0.252. The van der Waals surface area contributed by atoms with Crippen LogP contribution >= 0.6 is 23.2 Å². The normalized spacial score (nSPS) is 14.6. The van der Waals surface area contributed by atoms with Crippen LogP contribution in [0.15, 0.2) is 47.3 Å². The van der Waals surface area contributed by atoms with Crippen molar-refractivity contribution in [2.24, 2.45) is 0 Å². The predicted molar refractivity (Wildman–Crippen MR) is 125 cm³/mol.